The highest BCUT2D eigenvalue weighted by molar-refractivity contribution is 5.98. The molecule has 2 amide bonds. The fourth-order valence-corrected chi connectivity index (χ4v) is 2.92. The Bertz CT molecular complexity index is 652. The first kappa shape index (κ1) is 19.9. The Morgan fingerprint density at radius 2 is 1.88 bits per heavy atom. The van der Waals surface area contributed by atoms with Crippen LogP contribution in [0.25, 0.3) is 0 Å². The van der Waals surface area contributed by atoms with E-state index < -0.39 is 17.9 Å². The quantitative estimate of drug-likeness (QED) is 0.585. The highest BCUT2D eigenvalue weighted by atomic mass is 16.5. The van der Waals surface area contributed by atoms with Crippen LogP contribution in [0.1, 0.15) is 49.9 Å². The minimum absolute atomic E-state index is 0.0137. The van der Waals surface area contributed by atoms with Gasteiger partial charge in [0.05, 0.1) is 5.41 Å². The first-order valence-corrected chi connectivity index (χ1v) is 8.91. The largest absolute Gasteiger partial charge is 0.480 e. The molecule has 0 saturated heterocycles. The molecule has 7 heteroatoms. The van der Waals surface area contributed by atoms with Crippen LogP contribution in [0, 0.1) is 5.41 Å². The van der Waals surface area contributed by atoms with Gasteiger partial charge in [-0.1, -0.05) is 6.42 Å². The molecule has 0 bridgehead atoms. The molecule has 2 rings (SSSR count). The number of nitrogens with one attached hydrogen (secondary N) is 2. The Kier molecular flexibility index (Phi) is 6.74. The standard InChI is InChI=1S/C19H26N2O5/c1-3-26-12-11-19(9-4-10-19)18(25)21-15-7-5-14(6-8-15)16(22)20-13(2)17(23)24/h5-8,13H,3-4,9-12H2,1-2H3,(H,20,22)(H,21,25)(H,23,24). The van der Waals surface area contributed by atoms with Crippen LogP contribution in [0.4, 0.5) is 5.69 Å². The van der Waals surface area contributed by atoms with E-state index in [1.165, 1.54) is 6.92 Å². The third kappa shape index (κ3) is 4.82. The number of carbonyl (C=O) groups excluding carboxylic acids is 2. The monoisotopic (exact) mass is 362 g/mol. The molecule has 0 aliphatic heterocycles. The van der Waals surface area contributed by atoms with Crippen molar-refractivity contribution < 1.29 is 24.2 Å². The van der Waals surface area contributed by atoms with Gasteiger partial charge in [-0.25, -0.2) is 0 Å². The molecule has 1 unspecified atom stereocenters. The molecule has 142 valence electrons. The van der Waals surface area contributed by atoms with Crippen molar-refractivity contribution in [3.63, 3.8) is 0 Å². The smallest absolute Gasteiger partial charge is 0.325 e. The molecule has 0 heterocycles. The van der Waals surface area contributed by atoms with E-state index in [2.05, 4.69) is 10.6 Å². The molecule has 0 spiro atoms. The van der Waals surface area contributed by atoms with Crippen LogP contribution in [-0.2, 0) is 14.3 Å². The Labute approximate surface area is 153 Å². The number of ether oxygens (including phenoxy) is 1. The van der Waals surface area contributed by atoms with Gasteiger partial charge in [0.15, 0.2) is 0 Å². The number of carboxylic acid groups (broad SMARTS) is 1. The predicted molar refractivity (Wildman–Crippen MR) is 97.0 cm³/mol. The molecule has 0 radical (unpaired) electrons. The number of rotatable bonds is 9. The van der Waals surface area contributed by atoms with Crippen LogP contribution in [0.2, 0.25) is 0 Å². The summed E-state index contributed by atoms with van der Waals surface area (Å²) < 4.78 is 5.39. The van der Waals surface area contributed by atoms with Crippen LogP contribution in [0.15, 0.2) is 24.3 Å². The number of hydrogen-bond donors (Lipinski definition) is 3. The molecule has 1 atom stereocenters. The van der Waals surface area contributed by atoms with Gasteiger partial charge in [-0.15, -0.1) is 0 Å². The first-order chi connectivity index (χ1) is 12.4. The van der Waals surface area contributed by atoms with Crippen LogP contribution in [0.3, 0.4) is 0 Å². The second-order valence-corrected chi connectivity index (χ2v) is 6.65. The molecule has 1 saturated carbocycles. The molecule has 1 aliphatic carbocycles. The normalized spacial score (nSPS) is 16.2. The van der Waals surface area contributed by atoms with Gasteiger partial charge in [0.1, 0.15) is 6.04 Å². The van der Waals surface area contributed by atoms with Crippen molar-refractivity contribution in [1.82, 2.24) is 5.32 Å². The van der Waals surface area contributed by atoms with Gasteiger partial charge >= 0.3 is 5.97 Å². The summed E-state index contributed by atoms with van der Waals surface area (Å²) in [5, 5.41) is 14.1. The molecule has 0 aromatic heterocycles. The average molecular weight is 362 g/mol. The SMILES string of the molecule is CCOCCC1(C(=O)Nc2ccc(C(=O)NC(C)C(=O)O)cc2)CCC1. The van der Waals surface area contributed by atoms with E-state index in [1.54, 1.807) is 24.3 Å². The zero-order chi connectivity index (χ0) is 19.2. The molecule has 1 fully saturated rings. The molecule has 1 aromatic carbocycles. The maximum Gasteiger partial charge on any atom is 0.325 e. The number of carbonyl (C=O) groups is 3. The Balaban J connectivity index is 1.94. The number of carboxylic acids is 1. The molecular formula is C19H26N2O5. The third-order valence-electron chi connectivity index (χ3n) is 4.84. The van der Waals surface area contributed by atoms with Crippen molar-refractivity contribution in [1.29, 1.82) is 0 Å². The lowest BCUT2D eigenvalue weighted by atomic mass is 9.66. The summed E-state index contributed by atoms with van der Waals surface area (Å²) in [6.07, 6.45) is 3.47. The van der Waals surface area contributed by atoms with Gasteiger partial charge in [0, 0.05) is 24.5 Å². The summed E-state index contributed by atoms with van der Waals surface area (Å²) >= 11 is 0. The maximum absolute atomic E-state index is 12.6. The molecular weight excluding hydrogens is 336 g/mol. The van der Waals surface area contributed by atoms with Crippen molar-refractivity contribution >= 4 is 23.5 Å². The number of aliphatic carboxylic acids is 1. The van der Waals surface area contributed by atoms with Crippen molar-refractivity contribution in [2.75, 3.05) is 18.5 Å². The minimum Gasteiger partial charge on any atom is -0.480 e. The van der Waals surface area contributed by atoms with Gasteiger partial charge in [-0.2, -0.15) is 0 Å². The van der Waals surface area contributed by atoms with Gasteiger partial charge in [-0.3, -0.25) is 14.4 Å². The number of amides is 2. The van der Waals surface area contributed by atoms with E-state index >= 15 is 0 Å². The fourth-order valence-electron chi connectivity index (χ4n) is 2.92. The molecule has 7 nitrogen and oxygen atoms in total. The zero-order valence-corrected chi connectivity index (χ0v) is 15.2. The van der Waals surface area contributed by atoms with Gasteiger partial charge < -0.3 is 20.5 Å². The summed E-state index contributed by atoms with van der Waals surface area (Å²) in [6.45, 7) is 4.55. The van der Waals surface area contributed by atoms with E-state index in [0.717, 1.165) is 19.3 Å². The Morgan fingerprint density at radius 1 is 1.23 bits per heavy atom. The van der Waals surface area contributed by atoms with Crippen LogP contribution in [-0.4, -0.2) is 42.1 Å². The zero-order valence-electron chi connectivity index (χ0n) is 15.2. The lowest BCUT2D eigenvalue weighted by Crippen LogP contribution is -2.42. The summed E-state index contributed by atoms with van der Waals surface area (Å²) in [5.74, 6) is -1.58. The highest BCUT2D eigenvalue weighted by Gasteiger charge is 2.43. The van der Waals surface area contributed by atoms with Gasteiger partial charge in [-0.05, 0) is 57.4 Å². The maximum atomic E-state index is 12.6. The second kappa shape index (κ2) is 8.80. The number of hydrogen-bond acceptors (Lipinski definition) is 4. The summed E-state index contributed by atoms with van der Waals surface area (Å²) in [4.78, 5) is 35.4. The Morgan fingerprint density at radius 3 is 2.38 bits per heavy atom. The third-order valence-corrected chi connectivity index (χ3v) is 4.84. The van der Waals surface area contributed by atoms with Gasteiger partial charge in [0.2, 0.25) is 5.91 Å². The van der Waals surface area contributed by atoms with Crippen molar-refractivity contribution in [2.45, 2.75) is 45.6 Å². The second-order valence-electron chi connectivity index (χ2n) is 6.65. The molecule has 1 aliphatic rings. The van der Waals surface area contributed by atoms with E-state index in [4.69, 9.17) is 9.84 Å². The molecule has 26 heavy (non-hydrogen) atoms. The molecule has 3 N–H and O–H groups in total. The van der Waals surface area contributed by atoms with Crippen molar-refractivity contribution in [3.05, 3.63) is 29.8 Å². The van der Waals surface area contributed by atoms with Crippen molar-refractivity contribution in [3.8, 4) is 0 Å². The lowest BCUT2D eigenvalue weighted by Gasteiger charge is -2.40. The fraction of sp³-hybridized carbons (Fsp3) is 0.526. The minimum atomic E-state index is -1.10. The van der Waals surface area contributed by atoms with E-state index in [-0.39, 0.29) is 11.3 Å². The van der Waals surface area contributed by atoms with Crippen LogP contribution >= 0.6 is 0 Å². The topological polar surface area (TPSA) is 105 Å². The predicted octanol–water partition coefficient (Wildman–Crippen LogP) is 2.42. The Hall–Kier alpha value is -2.41. The summed E-state index contributed by atoms with van der Waals surface area (Å²) in [5.41, 5.74) is 0.591. The number of benzene rings is 1. The van der Waals surface area contributed by atoms with Gasteiger partial charge in [0.25, 0.3) is 5.91 Å². The van der Waals surface area contributed by atoms with Crippen LogP contribution in [0.5, 0.6) is 0 Å². The average Bonchev–Trinajstić information content (AvgIpc) is 2.57. The lowest BCUT2D eigenvalue weighted by molar-refractivity contribution is -0.138. The summed E-state index contributed by atoms with van der Waals surface area (Å²) in [7, 11) is 0. The van der Waals surface area contributed by atoms with E-state index in [1.807, 2.05) is 6.92 Å². The van der Waals surface area contributed by atoms with E-state index in [0.29, 0.717) is 30.9 Å². The molecule has 1 aromatic rings. The highest BCUT2D eigenvalue weighted by Crippen LogP contribution is 2.44. The van der Waals surface area contributed by atoms with Crippen molar-refractivity contribution in [2.24, 2.45) is 5.41 Å². The summed E-state index contributed by atoms with van der Waals surface area (Å²) in [6, 6.07) is 5.45. The first-order valence-electron chi connectivity index (χ1n) is 8.91. The van der Waals surface area contributed by atoms with E-state index in [9.17, 15) is 14.4 Å². The number of anilines is 1. The van der Waals surface area contributed by atoms with Crippen LogP contribution < -0.4 is 10.6 Å².